The fraction of sp³-hybridized carbons (Fsp3) is 0.389. The van der Waals surface area contributed by atoms with E-state index in [1.54, 1.807) is 74.5 Å². The van der Waals surface area contributed by atoms with Gasteiger partial charge < -0.3 is 49.4 Å². The van der Waals surface area contributed by atoms with E-state index in [9.17, 15) is 67.6 Å². The van der Waals surface area contributed by atoms with Crippen LogP contribution in [0.3, 0.4) is 0 Å². The van der Waals surface area contributed by atoms with E-state index in [1.165, 1.54) is 19.6 Å². The van der Waals surface area contributed by atoms with E-state index in [0.29, 0.717) is 33.9 Å². The van der Waals surface area contributed by atoms with Crippen molar-refractivity contribution in [3.05, 3.63) is 117 Å². The average Bonchev–Trinajstić information content (AvgIpc) is 3.06. The van der Waals surface area contributed by atoms with Crippen LogP contribution in [0.2, 0.25) is 0 Å². The molecule has 1 aliphatic heterocycles. The lowest BCUT2D eigenvalue weighted by molar-refractivity contribution is 0.247. The molecule has 3 heterocycles. The highest BCUT2D eigenvalue weighted by Gasteiger charge is 2.28. The normalized spacial score (nSPS) is 16.7. The van der Waals surface area contributed by atoms with Crippen molar-refractivity contribution in [2.75, 3.05) is 25.1 Å². The lowest BCUT2D eigenvalue weighted by Crippen LogP contribution is -2.28. The number of benzene rings is 2. The minimum Gasteiger partial charge on any atom is -0.507 e. The van der Waals surface area contributed by atoms with E-state index in [4.69, 9.17) is 0 Å². The highest BCUT2D eigenvalue weighted by molar-refractivity contribution is 7.52. The third-order valence-corrected chi connectivity index (χ3v) is 12.3. The number of fused-ring (bicyclic) bond motifs is 8. The summed E-state index contributed by atoms with van der Waals surface area (Å²) in [5, 5.41) is 23.1. The van der Waals surface area contributed by atoms with Gasteiger partial charge in [0.05, 0.1) is 22.8 Å². The minimum absolute atomic E-state index is 0.139. The lowest BCUT2D eigenvalue weighted by atomic mass is 10.0. The molecule has 0 saturated heterocycles. The van der Waals surface area contributed by atoms with Crippen molar-refractivity contribution in [2.24, 2.45) is 0 Å². The number of pyridine rings is 2. The molecule has 328 valence electrons. The predicted molar refractivity (Wildman–Crippen MR) is 219 cm³/mol. The molecule has 0 atom stereocenters. The molecule has 2 aromatic carbocycles. The van der Waals surface area contributed by atoms with Crippen LogP contribution in [0, 0.1) is 13.8 Å². The molecule has 0 spiro atoms. The first-order valence-corrected chi connectivity index (χ1v) is 25.5. The second-order valence-electron chi connectivity index (χ2n) is 15.3. The molecule has 8 bridgehead atoms. The number of aryl methyl sites for hydroxylation is 2. The quantitative estimate of drug-likeness (QED) is 0.113. The molecule has 2 aromatic heterocycles. The van der Waals surface area contributed by atoms with E-state index in [1.807, 2.05) is 0 Å². The van der Waals surface area contributed by atoms with Gasteiger partial charge in [0.1, 0.15) is 36.6 Å². The Morgan fingerprint density at radius 1 is 0.433 bits per heavy atom. The third kappa shape index (κ3) is 15.6. The largest absolute Gasteiger partial charge is 0.507 e. The van der Waals surface area contributed by atoms with Crippen molar-refractivity contribution in [3.8, 4) is 11.5 Å². The highest BCUT2D eigenvalue weighted by atomic mass is 31.2. The molecule has 20 nitrogen and oxygen atoms in total. The Morgan fingerprint density at radius 2 is 0.650 bits per heavy atom. The molecule has 0 unspecified atom stereocenters. The Morgan fingerprint density at radius 3 is 0.850 bits per heavy atom. The van der Waals surface area contributed by atoms with Gasteiger partial charge in [-0.15, -0.1) is 0 Å². The number of nitrogens with zero attached hydrogens (tertiary/aromatic N) is 6. The molecule has 0 aliphatic carbocycles. The average molecular weight is 915 g/mol. The molecule has 1 aliphatic rings. The first-order valence-electron chi connectivity index (χ1n) is 18.4. The number of aromatic nitrogens is 2. The van der Waals surface area contributed by atoms with E-state index in [0.717, 1.165) is 0 Å². The molecule has 10 N–H and O–H groups in total. The van der Waals surface area contributed by atoms with Gasteiger partial charge in [-0.05, 0) is 38.1 Å². The van der Waals surface area contributed by atoms with Gasteiger partial charge in [-0.1, -0.05) is 47.5 Å². The van der Waals surface area contributed by atoms with Gasteiger partial charge in [-0.25, -0.2) is 0 Å². The van der Waals surface area contributed by atoms with Crippen molar-refractivity contribution >= 4 is 30.4 Å². The van der Waals surface area contributed by atoms with Gasteiger partial charge in [0.2, 0.25) is 0 Å². The summed E-state index contributed by atoms with van der Waals surface area (Å²) in [6, 6.07) is 16.1. The third-order valence-electron chi connectivity index (χ3n) is 9.21. The molecule has 5 rings (SSSR count). The summed E-state index contributed by atoms with van der Waals surface area (Å²) in [6.07, 6.45) is -2.95. The minimum atomic E-state index is -4.69. The van der Waals surface area contributed by atoms with Gasteiger partial charge in [0.25, 0.3) is 0 Å². The molecule has 0 fully saturated rings. The van der Waals surface area contributed by atoms with Gasteiger partial charge in [-0.2, -0.15) is 0 Å². The molecule has 0 radical (unpaired) electrons. The van der Waals surface area contributed by atoms with E-state index in [2.05, 4.69) is 9.97 Å². The molecule has 0 amide bonds. The Balaban J connectivity index is 1.65. The Labute approximate surface area is 346 Å². The Hall–Kier alpha value is -3.22. The summed E-state index contributed by atoms with van der Waals surface area (Å²) in [7, 11) is -18.8. The van der Waals surface area contributed by atoms with Crippen molar-refractivity contribution < 1.29 is 67.6 Å². The zero-order valence-corrected chi connectivity index (χ0v) is 36.4. The number of phenols is 2. The zero-order valence-electron chi connectivity index (χ0n) is 32.8. The maximum atomic E-state index is 12.4. The summed E-state index contributed by atoms with van der Waals surface area (Å²) in [5.74, 6) is -0.541. The lowest BCUT2D eigenvalue weighted by Gasteiger charge is -2.27. The summed E-state index contributed by atoms with van der Waals surface area (Å²) >= 11 is 0. The van der Waals surface area contributed by atoms with Crippen molar-refractivity contribution in [3.63, 3.8) is 0 Å². The zero-order chi connectivity index (χ0) is 44.2. The van der Waals surface area contributed by atoms with Crippen LogP contribution >= 0.6 is 30.4 Å². The van der Waals surface area contributed by atoms with Gasteiger partial charge in [0.15, 0.2) is 0 Å². The van der Waals surface area contributed by atoms with E-state index < -0.39 is 55.5 Å². The number of hydrogen-bond donors (Lipinski definition) is 10. The topological polar surface area (TPSA) is 309 Å². The monoisotopic (exact) mass is 914 g/mol. The molecule has 24 heteroatoms. The summed E-state index contributed by atoms with van der Waals surface area (Å²) in [4.78, 5) is 95.1. The van der Waals surface area contributed by atoms with Crippen molar-refractivity contribution in [2.45, 2.75) is 66.2 Å². The van der Waals surface area contributed by atoms with Crippen LogP contribution in [0.25, 0.3) is 0 Å². The maximum absolute atomic E-state index is 12.4. The van der Waals surface area contributed by atoms with Crippen molar-refractivity contribution in [1.82, 2.24) is 29.6 Å². The standard InChI is InChI=1S/C36H50N6O14P4/c1-25-9-27-13-39(21-57(45,46)47)17-31-5-3-7-33(37-31)19-41(23-59(51,52)53)15-29-11-26(2)12-30(36(29)44)16-42(24-60(54,55)56)20-34-8-4-6-32(38-34)18-40(22-58(48,49)50)14-28(10-25)35(27)43/h3-12,43-44H,13-24H2,1-2H3,(H2,45,46,47)(H2,48,49,50)(H2,51,52,53)(H2,54,55,56). The molecule has 4 aromatic rings. The van der Waals surface area contributed by atoms with Crippen LogP contribution in [0.5, 0.6) is 11.5 Å². The van der Waals surface area contributed by atoms with E-state index >= 15 is 0 Å². The molecule has 60 heavy (non-hydrogen) atoms. The molecular formula is C36H50N6O14P4. The van der Waals surface area contributed by atoms with Crippen LogP contribution in [0.4, 0.5) is 0 Å². The van der Waals surface area contributed by atoms with Crippen LogP contribution in [-0.4, -0.2) is 104 Å². The van der Waals surface area contributed by atoms with Crippen LogP contribution in [0.1, 0.15) is 56.2 Å². The number of phenolic OH excluding ortho intramolecular Hbond substituents is 2. The SMILES string of the molecule is Cc1cc2c(O)c(c1)CN(CP(=O)(O)O)Cc1cccc(n1)CN(CP(=O)(O)O)Cc1cc(C)cc(c1O)CN(CP(=O)(O)O)Cc1cccc(n1)CN(CP(=O)(O)O)C2. The second kappa shape index (κ2) is 19.4. The van der Waals surface area contributed by atoms with Crippen LogP contribution < -0.4 is 0 Å². The first kappa shape index (κ1) is 47.8. The Bertz CT molecular complexity index is 2060. The van der Waals surface area contributed by atoms with E-state index in [-0.39, 0.29) is 86.1 Å². The predicted octanol–water partition coefficient (Wildman–Crippen LogP) is 3.37. The number of aromatic hydroxyl groups is 2. The first-order chi connectivity index (χ1) is 27.8. The summed E-state index contributed by atoms with van der Waals surface area (Å²) < 4.78 is 49.4. The fourth-order valence-corrected chi connectivity index (χ4v) is 10.2. The van der Waals surface area contributed by atoms with Gasteiger partial charge in [-0.3, -0.25) is 47.8 Å². The summed E-state index contributed by atoms with van der Waals surface area (Å²) in [5.41, 5.74) is 3.61. The maximum Gasteiger partial charge on any atom is 0.339 e. The molecular weight excluding hydrogens is 864 g/mol. The Kier molecular flexibility index (Phi) is 15.5. The fourth-order valence-electron chi connectivity index (χ4n) is 7.31. The van der Waals surface area contributed by atoms with Crippen molar-refractivity contribution in [1.29, 1.82) is 0 Å². The highest BCUT2D eigenvalue weighted by Crippen LogP contribution is 2.41. The summed E-state index contributed by atoms with van der Waals surface area (Å²) in [6.45, 7) is 2.13. The molecule has 0 saturated carbocycles. The smallest absolute Gasteiger partial charge is 0.339 e. The van der Waals surface area contributed by atoms with Gasteiger partial charge >= 0.3 is 30.4 Å². The number of hydrogen-bond acceptors (Lipinski definition) is 12. The van der Waals surface area contributed by atoms with Gasteiger partial charge in [0, 0.05) is 74.6 Å². The van der Waals surface area contributed by atoms with Crippen LogP contribution in [-0.2, 0) is 70.6 Å². The number of rotatable bonds is 8. The van der Waals surface area contributed by atoms with Crippen LogP contribution in [0.15, 0.2) is 60.7 Å². The second-order valence-corrected chi connectivity index (χ2v) is 21.7.